The molecule has 0 saturated heterocycles. The summed E-state index contributed by atoms with van der Waals surface area (Å²) in [6.07, 6.45) is 5.98. The van der Waals surface area contributed by atoms with Crippen LogP contribution in [0, 0.1) is 11.3 Å². The highest BCUT2D eigenvalue weighted by atomic mass is 16.3. The van der Waals surface area contributed by atoms with Gasteiger partial charge in [0.2, 0.25) is 0 Å². The molecule has 1 unspecified atom stereocenters. The maximum Gasteiger partial charge on any atom is 0.0603 e. The first-order chi connectivity index (χ1) is 6.06. The molecule has 1 aliphatic carbocycles. The van der Waals surface area contributed by atoms with Crippen molar-refractivity contribution in [2.24, 2.45) is 17.1 Å². The highest BCUT2D eigenvalue weighted by Gasteiger charge is 2.27. The summed E-state index contributed by atoms with van der Waals surface area (Å²) in [5.41, 5.74) is 5.48. The van der Waals surface area contributed by atoms with Crippen molar-refractivity contribution in [1.29, 1.82) is 0 Å². The first-order valence-corrected chi connectivity index (χ1v) is 5.44. The Kier molecular flexibility index (Phi) is 3.74. The van der Waals surface area contributed by atoms with Crippen LogP contribution in [0.15, 0.2) is 0 Å². The minimum Gasteiger partial charge on any atom is -0.393 e. The molecule has 0 aromatic heterocycles. The van der Waals surface area contributed by atoms with E-state index in [4.69, 9.17) is 5.73 Å². The van der Waals surface area contributed by atoms with Crippen LogP contribution in [-0.4, -0.2) is 17.8 Å². The Morgan fingerprint density at radius 2 is 2.08 bits per heavy atom. The van der Waals surface area contributed by atoms with E-state index in [0.717, 1.165) is 18.8 Å². The van der Waals surface area contributed by atoms with Gasteiger partial charge in [0, 0.05) is 5.41 Å². The molecule has 0 radical (unpaired) electrons. The first kappa shape index (κ1) is 11.0. The van der Waals surface area contributed by atoms with Crippen LogP contribution < -0.4 is 5.73 Å². The Hall–Kier alpha value is -0.0800. The Morgan fingerprint density at radius 3 is 2.54 bits per heavy atom. The monoisotopic (exact) mass is 185 g/mol. The van der Waals surface area contributed by atoms with E-state index in [9.17, 15) is 5.11 Å². The molecule has 2 heteroatoms. The smallest absolute Gasteiger partial charge is 0.0603 e. The zero-order valence-electron chi connectivity index (χ0n) is 8.92. The number of rotatable bonds is 6. The molecule has 13 heavy (non-hydrogen) atoms. The second-order valence-electron chi connectivity index (χ2n) is 5.08. The van der Waals surface area contributed by atoms with Crippen LogP contribution in [-0.2, 0) is 0 Å². The minimum absolute atomic E-state index is 0.108. The summed E-state index contributed by atoms with van der Waals surface area (Å²) in [5, 5.41) is 9.83. The summed E-state index contributed by atoms with van der Waals surface area (Å²) in [5.74, 6) is 0.980. The number of hydrogen-bond donors (Lipinski definition) is 2. The number of hydrogen-bond acceptors (Lipinski definition) is 2. The standard InChI is InChI=1S/C11H23NO/c1-11(2,8-12)10(13)5-3-4-9-6-7-9/h9-10,13H,3-8,12H2,1-2H3. The third kappa shape index (κ3) is 3.65. The number of aliphatic hydroxyl groups excluding tert-OH is 1. The highest BCUT2D eigenvalue weighted by molar-refractivity contribution is 4.80. The number of aliphatic hydroxyl groups is 1. The van der Waals surface area contributed by atoms with Crippen molar-refractivity contribution >= 4 is 0 Å². The topological polar surface area (TPSA) is 46.2 Å². The van der Waals surface area contributed by atoms with Crippen molar-refractivity contribution in [3.05, 3.63) is 0 Å². The van der Waals surface area contributed by atoms with Crippen LogP contribution in [0.3, 0.4) is 0 Å². The van der Waals surface area contributed by atoms with Crippen molar-refractivity contribution in [1.82, 2.24) is 0 Å². The van der Waals surface area contributed by atoms with E-state index in [1.54, 1.807) is 0 Å². The molecule has 78 valence electrons. The van der Waals surface area contributed by atoms with E-state index in [1.165, 1.54) is 19.3 Å². The molecular weight excluding hydrogens is 162 g/mol. The van der Waals surface area contributed by atoms with Gasteiger partial charge in [-0.05, 0) is 18.9 Å². The fourth-order valence-corrected chi connectivity index (χ4v) is 1.53. The summed E-state index contributed by atoms with van der Waals surface area (Å²) in [7, 11) is 0. The van der Waals surface area contributed by atoms with E-state index in [0.29, 0.717) is 6.54 Å². The second kappa shape index (κ2) is 4.43. The van der Waals surface area contributed by atoms with Gasteiger partial charge in [0.05, 0.1) is 6.10 Å². The lowest BCUT2D eigenvalue weighted by atomic mass is 9.84. The normalized spacial score (nSPS) is 20.3. The Bertz CT molecular complexity index is 152. The summed E-state index contributed by atoms with van der Waals surface area (Å²) >= 11 is 0. The average Bonchev–Trinajstić information content (AvgIpc) is 2.88. The van der Waals surface area contributed by atoms with Crippen molar-refractivity contribution in [2.75, 3.05) is 6.54 Å². The maximum absolute atomic E-state index is 9.83. The summed E-state index contributed by atoms with van der Waals surface area (Å²) in [6, 6.07) is 0. The van der Waals surface area contributed by atoms with Gasteiger partial charge in [-0.15, -0.1) is 0 Å². The summed E-state index contributed by atoms with van der Waals surface area (Å²) in [4.78, 5) is 0. The van der Waals surface area contributed by atoms with Crippen molar-refractivity contribution < 1.29 is 5.11 Å². The molecular formula is C11H23NO. The summed E-state index contributed by atoms with van der Waals surface area (Å²) < 4.78 is 0. The lowest BCUT2D eigenvalue weighted by Gasteiger charge is -2.28. The van der Waals surface area contributed by atoms with Crippen molar-refractivity contribution in [3.8, 4) is 0 Å². The van der Waals surface area contributed by atoms with Gasteiger partial charge < -0.3 is 10.8 Å². The molecule has 0 amide bonds. The average molecular weight is 185 g/mol. The largest absolute Gasteiger partial charge is 0.393 e. The molecule has 3 N–H and O–H groups in total. The van der Waals surface area contributed by atoms with Gasteiger partial charge in [-0.3, -0.25) is 0 Å². The zero-order chi connectivity index (χ0) is 9.90. The van der Waals surface area contributed by atoms with Crippen LogP contribution in [0.1, 0.15) is 46.0 Å². The van der Waals surface area contributed by atoms with Crippen molar-refractivity contribution in [3.63, 3.8) is 0 Å². The van der Waals surface area contributed by atoms with Crippen LogP contribution in [0.25, 0.3) is 0 Å². The van der Waals surface area contributed by atoms with E-state index in [1.807, 2.05) is 13.8 Å². The zero-order valence-corrected chi connectivity index (χ0v) is 8.92. The molecule has 2 nitrogen and oxygen atoms in total. The first-order valence-electron chi connectivity index (χ1n) is 5.44. The van der Waals surface area contributed by atoms with Crippen molar-refractivity contribution in [2.45, 2.75) is 52.1 Å². The lowest BCUT2D eigenvalue weighted by Crippen LogP contribution is -2.36. The molecule has 0 aliphatic heterocycles. The quantitative estimate of drug-likeness (QED) is 0.664. The Balaban J connectivity index is 2.11. The molecule has 1 fully saturated rings. The Labute approximate surface area is 81.5 Å². The van der Waals surface area contributed by atoms with E-state index in [2.05, 4.69) is 0 Å². The predicted molar refractivity (Wildman–Crippen MR) is 55.4 cm³/mol. The van der Waals surface area contributed by atoms with E-state index >= 15 is 0 Å². The third-order valence-corrected chi connectivity index (χ3v) is 3.22. The molecule has 0 aromatic rings. The van der Waals surface area contributed by atoms with Crippen LogP contribution >= 0.6 is 0 Å². The third-order valence-electron chi connectivity index (χ3n) is 3.22. The second-order valence-corrected chi connectivity index (χ2v) is 5.08. The minimum atomic E-state index is -0.226. The van der Waals surface area contributed by atoms with Crippen LogP contribution in [0.5, 0.6) is 0 Å². The molecule has 0 heterocycles. The van der Waals surface area contributed by atoms with Gasteiger partial charge in [0.25, 0.3) is 0 Å². The SMILES string of the molecule is CC(C)(CN)C(O)CCCC1CC1. The fourth-order valence-electron chi connectivity index (χ4n) is 1.53. The van der Waals surface area contributed by atoms with Gasteiger partial charge in [-0.25, -0.2) is 0 Å². The van der Waals surface area contributed by atoms with Gasteiger partial charge in [0.15, 0.2) is 0 Å². The molecule has 1 atom stereocenters. The van der Waals surface area contributed by atoms with E-state index in [-0.39, 0.29) is 11.5 Å². The molecule has 0 bridgehead atoms. The van der Waals surface area contributed by atoms with Gasteiger partial charge in [-0.1, -0.05) is 39.5 Å². The van der Waals surface area contributed by atoms with Gasteiger partial charge in [-0.2, -0.15) is 0 Å². The highest BCUT2D eigenvalue weighted by Crippen LogP contribution is 2.34. The van der Waals surface area contributed by atoms with Gasteiger partial charge >= 0.3 is 0 Å². The molecule has 0 aromatic carbocycles. The molecule has 1 aliphatic rings. The maximum atomic E-state index is 9.83. The van der Waals surface area contributed by atoms with Crippen LogP contribution in [0.4, 0.5) is 0 Å². The molecule has 0 spiro atoms. The van der Waals surface area contributed by atoms with Gasteiger partial charge in [0.1, 0.15) is 0 Å². The lowest BCUT2D eigenvalue weighted by molar-refractivity contribution is 0.0466. The molecule has 1 saturated carbocycles. The molecule has 1 rings (SSSR count). The fraction of sp³-hybridized carbons (Fsp3) is 1.00. The Morgan fingerprint density at radius 1 is 1.46 bits per heavy atom. The summed E-state index contributed by atoms with van der Waals surface area (Å²) in [6.45, 7) is 4.64. The van der Waals surface area contributed by atoms with Crippen LogP contribution in [0.2, 0.25) is 0 Å². The number of nitrogens with two attached hydrogens (primary N) is 1. The predicted octanol–water partition coefficient (Wildman–Crippen LogP) is 1.91. The van der Waals surface area contributed by atoms with E-state index < -0.39 is 0 Å².